The van der Waals surface area contributed by atoms with Crippen LogP contribution in [0, 0.1) is 0 Å². The van der Waals surface area contributed by atoms with Crippen LogP contribution in [0.1, 0.15) is 25.3 Å². The van der Waals surface area contributed by atoms with Crippen molar-refractivity contribution in [3.8, 4) is 5.75 Å². The van der Waals surface area contributed by atoms with Crippen molar-refractivity contribution in [1.82, 2.24) is 0 Å². The summed E-state index contributed by atoms with van der Waals surface area (Å²) in [7, 11) is 0. The average Bonchev–Trinajstić information content (AvgIpc) is 2.38. The van der Waals surface area contributed by atoms with Gasteiger partial charge in [0.05, 0.1) is 0 Å². The smallest absolute Gasteiger partial charge is 0.175 e. The highest BCUT2D eigenvalue weighted by Crippen LogP contribution is 2.24. The third-order valence-electron chi connectivity index (χ3n) is 2.94. The highest BCUT2D eigenvalue weighted by Gasteiger charge is 2.07. The molecule has 0 amide bonds. The summed E-state index contributed by atoms with van der Waals surface area (Å²) in [6.45, 7) is 4.29. The Morgan fingerprint density at radius 3 is 2.50 bits per heavy atom. The largest absolute Gasteiger partial charge is 0.508 e. The Labute approximate surface area is 124 Å². The van der Waals surface area contributed by atoms with Gasteiger partial charge in [-0.05, 0) is 41.9 Å². The predicted molar refractivity (Wildman–Crippen MR) is 88.5 cm³/mol. The highest BCUT2D eigenvalue weighted by atomic mass is 32.1. The van der Waals surface area contributed by atoms with Gasteiger partial charge in [0.2, 0.25) is 0 Å². The maximum absolute atomic E-state index is 9.43. The molecule has 20 heavy (non-hydrogen) atoms. The number of phenols is 1. The molecule has 0 unspecified atom stereocenters. The maximum Gasteiger partial charge on any atom is 0.175 e. The van der Waals surface area contributed by atoms with Crippen LogP contribution in [0.4, 0.5) is 11.4 Å². The van der Waals surface area contributed by atoms with Gasteiger partial charge in [0.25, 0.3) is 0 Å². The summed E-state index contributed by atoms with van der Waals surface area (Å²) in [5.41, 5.74) is 2.97. The number of phenolic OH excluding ortho intramolecular Hbond substituents is 1. The van der Waals surface area contributed by atoms with Crippen molar-refractivity contribution in [1.29, 1.82) is 0 Å². The number of benzene rings is 2. The minimum Gasteiger partial charge on any atom is -0.508 e. The lowest BCUT2D eigenvalue weighted by molar-refractivity contribution is 0.475. The van der Waals surface area contributed by atoms with Crippen molar-refractivity contribution in [2.45, 2.75) is 19.8 Å². The Morgan fingerprint density at radius 2 is 1.80 bits per heavy atom. The fraction of sp³-hybridized carbons (Fsp3) is 0.188. The van der Waals surface area contributed by atoms with E-state index in [-0.39, 0.29) is 5.75 Å². The lowest BCUT2D eigenvalue weighted by atomic mass is 10.0. The standard InChI is InChI=1S/C16H18N2OS/c1-11(2)14-8-3-4-9-15(14)18-16(20)17-12-6-5-7-13(19)10-12/h3-11,19H,1-2H3,(H2,17,18,20). The van der Waals surface area contributed by atoms with Gasteiger partial charge < -0.3 is 15.7 Å². The van der Waals surface area contributed by atoms with Gasteiger partial charge in [-0.3, -0.25) is 0 Å². The summed E-state index contributed by atoms with van der Waals surface area (Å²) in [5, 5.41) is 16.2. The number of nitrogens with one attached hydrogen (secondary N) is 2. The van der Waals surface area contributed by atoms with E-state index in [1.165, 1.54) is 5.56 Å². The van der Waals surface area contributed by atoms with Crippen molar-refractivity contribution in [3.05, 3.63) is 54.1 Å². The number of aromatic hydroxyl groups is 1. The average molecular weight is 286 g/mol. The minimum absolute atomic E-state index is 0.209. The van der Waals surface area contributed by atoms with Crippen LogP contribution in [-0.4, -0.2) is 10.2 Å². The fourth-order valence-corrected chi connectivity index (χ4v) is 2.21. The molecule has 2 aromatic carbocycles. The SMILES string of the molecule is CC(C)c1ccccc1NC(=S)Nc1cccc(O)c1. The summed E-state index contributed by atoms with van der Waals surface area (Å²) in [6, 6.07) is 15.0. The van der Waals surface area contributed by atoms with Gasteiger partial charge in [0.1, 0.15) is 5.75 Å². The molecule has 2 aromatic rings. The molecule has 0 heterocycles. The number of hydrogen-bond donors (Lipinski definition) is 3. The lowest BCUT2D eigenvalue weighted by Gasteiger charge is -2.16. The van der Waals surface area contributed by atoms with Gasteiger partial charge in [-0.15, -0.1) is 0 Å². The second kappa shape index (κ2) is 6.39. The van der Waals surface area contributed by atoms with Gasteiger partial charge >= 0.3 is 0 Å². The third-order valence-corrected chi connectivity index (χ3v) is 3.14. The van der Waals surface area contributed by atoms with Crippen molar-refractivity contribution in [3.63, 3.8) is 0 Å². The molecule has 0 saturated carbocycles. The van der Waals surface area contributed by atoms with Crippen LogP contribution in [-0.2, 0) is 0 Å². The molecule has 0 bridgehead atoms. The molecule has 0 aliphatic carbocycles. The van der Waals surface area contributed by atoms with E-state index in [9.17, 15) is 5.11 Å². The number of thiocarbonyl (C=S) groups is 1. The van der Waals surface area contributed by atoms with Gasteiger partial charge in [0.15, 0.2) is 5.11 Å². The Bertz CT molecular complexity index is 611. The molecule has 3 nitrogen and oxygen atoms in total. The third kappa shape index (κ3) is 3.71. The molecule has 0 atom stereocenters. The van der Waals surface area contributed by atoms with E-state index in [2.05, 4.69) is 30.5 Å². The molecular formula is C16H18N2OS. The summed E-state index contributed by atoms with van der Waals surface area (Å²) in [4.78, 5) is 0. The molecular weight excluding hydrogens is 268 g/mol. The first-order chi connectivity index (χ1) is 9.56. The van der Waals surface area contributed by atoms with Crippen LogP contribution in [0.3, 0.4) is 0 Å². The Kier molecular flexibility index (Phi) is 4.58. The predicted octanol–water partition coefficient (Wildman–Crippen LogP) is 4.32. The zero-order chi connectivity index (χ0) is 14.5. The van der Waals surface area contributed by atoms with E-state index in [1.54, 1.807) is 18.2 Å². The molecule has 104 valence electrons. The first-order valence-corrected chi connectivity index (χ1v) is 6.93. The molecule has 4 heteroatoms. The highest BCUT2D eigenvalue weighted by molar-refractivity contribution is 7.80. The molecule has 0 saturated heterocycles. The fourth-order valence-electron chi connectivity index (χ4n) is 1.98. The van der Waals surface area contributed by atoms with E-state index >= 15 is 0 Å². The van der Waals surface area contributed by atoms with E-state index in [0.29, 0.717) is 11.0 Å². The zero-order valence-corrected chi connectivity index (χ0v) is 12.4. The second-order valence-electron chi connectivity index (χ2n) is 4.87. The zero-order valence-electron chi connectivity index (χ0n) is 11.6. The van der Waals surface area contributed by atoms with Gasteiger partial charge in [-0.1, -0.05) is 38.1 Å². The molecule has 0 spiro atoms. The molecule has 0 radical (unpaired) electrons. The molecule has 0 aliphatic rings. The molecule has 0 fully saturated rings. The second-order valence-corrected chi connectivity index (χ2v) is 5.28. The van der Waals surface area contributed by atoms with E-state index in [1.807, 2.05) is 24.3 Å². The number of hydrogen-bond acceptors (Lipinski definition) is 2. The quantitative estimate of drug-likeness (QED) is 0.735. The topological polar surface area (TPSA) is 44.3 Å². The van der Waals surface area contributed by atoms with Crippen molar-refractivity contribution >= 4 is 28.7 Å². The Morgan fingerprint density at radius 1 is 1.05 bits per heavy atom. The summed E-state index contributed by atoms with van der Waals surface area (Å²) < 4.78 is 0. The first-order valence-electron chi connectivity index (χ1n) is 6.52. The summed E-state index contributed by atoms with van der Waals surface area (Å²) >= 11 is 5.30. The van der Waals surface area contributed by atoms with E-state index in [4.69, 9.17) is 12.2 Å². The Balaban J connectivity index is 2.09. The molecule has 0 aliphatic heterocycles. The van der Waals surface area contributed by atoms with Crippen LogP contribution < -0.4 is 10.6 Å². The van der Waals surface area contributed by atoms with Crippen LogP contribution in [0.2, 0.25) is 0 Å². The minimum atomic E-state index is 0.209. The van der Waals surface area contributed by atoms with Gasteiger partial charge in [-0.2, -0.15) is 0 Å². The number of para-hydroxylation sites is 1. The molecule has 2 rings (SSSR count). The molecule has 3 N–H and O–H groups in total. The van der Waals surface area contributed by atoms with Crippen molar-refractivity contribution in [2.24, 2.45) is 0 Å². The molecule has 0 aromatic heterocycles. The van der Waals surface area contributed by atoms with Crippen molar-refractivity contribution in [2.75, 3.05) is 10.6 Å². The normalized spacial score (nSPS) is 10.3. The van der Waals surface area contributed by atoms with Crippen LogP contribution in [0.5, 0.6) is 5.75 Å². The van der Waals surface area contributed by atoms with Crippen LogP contribution >= 0.6 is 12.2 Å². The monoisotopic (exact) mass is 286 g/mol. The first kappa shape index (κ1) is 14.3. The summed E-state index contributed by atoms with van der Waals surface area (Å²) in [6.07, 6.45) is 0. The van der Waals surface area contributed by atoms with Gasteiger partial charge in [0, 0.05) is 17.4 Å². The number of rotatable bonds is 3. The number of anilines is 2. The lowest BCUT2D eigenvalue weighted by Crippen LogP contribution is -2.20. The van der Waals surface area contributed by atoms with Gasteiger partial charge in [-0.25, -0.2) is 0 Å². The Hall–Kier alpha value is -2.07. The van der Waals surface area contributed by atoms with Crippen LogP contribution in [0.15, 0.2) is 48.5 Å². The van der Waals surface area contributed by atoms with Crippen LogP contribution in [0.25, 0.3) is 0 Å². The van der Waals surface area contributed by atoms with Crippen molar-refractivity contribution < 1.29 is 5.11 Å². The summed E-state index contributed by atoms with van der Waals surface area (Å²) in [5.74, 6) is 0.627. The van der Waals surface area contributed by atoms with E-state index in [0.717, 1.165) is 11.4 Å². The maximum atomic E-state index is 9.43. The van der Waals surface area contributed by atoms with E-state index < -0.39 is 0 Å².